The van der Waals surface area contributed by atoms with Gasteiger partial charge < -0.3 is 27.8 Å². The van der Waals surface area contributed by atoms with Gasteiger partial charge in [0, 0.05) is 126 Å². The van der Waals surface area contributed by atoms with Crippen LogP contribution >= 0.6 is 22.7 Å². The predicted molar refractivity (Wildman–Crippen MR) is 487 cm³/mol. The van der Waals surface area contributed by atoms with E-state index in [1.807, 2.05) is 103 Å². The van der Waals surface area contributed by atoms with Crippen molar-refractivity contribution >= 4 is 213 Å². The number of benzene rings is 15. The van der Waals surface area contributed by atoms with Crippen molar-refractivity contribution in [2.45, 2.75) is 78.6 Å². The van der Waals surface area contributed by atoms with Gasteiger partial charge in [0.05, 0.1) is 68.1 Å². The molecule has 6 aromatic heterocycles. The summed E-state index contributed by atoms with van der Waals surface area (Å²) in [4.78, 5) is 8.42. The third kappa shape index (κ3) is 9.63. The molecule has 23 rings (SSSR count). The number of hydrogen-bond donors (Lipinski definition) is 0. The number of anilines is 6. The first-order chi connectivity index (χ1) is 61.7. The summed E-state index contributed by atoms with van der Waals surface area (Å²) in [5.74, 6) is 0. The van der Waals surface area contributed by atoms with E-state index in [4.69, 9.17) is 15.4 Å². The van der Waals surface area contributed by atoms with Gasteiger partial charge in [-0.15, -0.1) is 22.7 Å². The van der Waals surface area contributed by atoms with Crippen LogP contribution in [-0.4, -0.2) is 15.8 Å². The maximum Gasteiger partial charge on any atom is 0.252 e. The fourth-order valence-electron chi connectivity index (χ4n) is 18.6. The molecule has 546 valence electrons. The van der Waals surface area contributed by atoms with E-state index in [1.165, 1.54) is 0 Å². The fraction of sp³-hybridized carbons (Fsp3) is 0.115. The third-order valence-electron chi connectivity index (χ3n) is 23.6. The lowest BCUT2D eigenvalue weighted by Gasteiger charge is -2.46. The Kier molecular flexibility index (Phi) is 11.4. The van der Waals surface area contributed by atoms with Crippen molar-refractivity contribution in [2.75, 3.05) is 9.80 Å². The summed E-state index contributed by atoms with van der Waals surface area (Å²) in [6.45, 7) is 27.6. The third-order valence-corrected chi connectivity index (χ3v) is 26.0. The van der Waals surface area contributed by atoms with Gasteiger partial charge in [0.15, 0.2) is 5.69 Å². The smallest absolute Gasteiger partial charge is 0.252 e. The summed E-state index contributed by atoms with van der Waals surface area (Å²) < 4.78 is 157. The largest absolute Gasteiger partial charge is 0.456 e. The zero-order valence-electron chi connectivity index (χ0n) is 77.9. The highest BCUT2D eigenvalue weighted by Gasteiger charge is 2.47. The normalized spacial score (nSPS) is 14.9. The average Bonchev–Trinajstić information content (AvgIpc) is 1.65. The number of hydrogen-bond acceptors (Lipinski definition) is 7. The maximum absolute atomic E-state index is 10.8. The summed E-state index contributed by atoms with van der Waals surface area (Å²) in [7, 11) is 0. The Morgan fingerprint density at radius 2 is 0.852 bits per heavy atom. The molecule has 2 aliphatic rings. The average molecular weight is 1530 g/mol. The Labute approximate surface area is 692 Å². The minimum Gasteiger partial charge on any atom is -0.456 e. The van der Waals surface area contributed by atoms with Crippen molar-refractivity contribution in [3.63, 3.8) is 0 Å². The number of thiophene rings is 2. The van der Waals surface area contributed by atoms with Crippen molar-refractivity contribution in [1.82, 2.24) is 9.13 Å². The molecule has 0 saturated heterocycles. The number of para-hydroxylation sites is 4. The van der Waals surface area contributed by atoms with E-state index in [9.17, 15) is 24.5 Å². The van der Waals surface area contributed by atoms with Crippen LogP contribution in [0.1, 0.15) is 104 Å². The molecule has 0 unspecified atom stereocenters. The molecule has 21 aromatic rings. The summed E-state index contributed by atoms with van der Waals surface area (Å²) >= 11 is 3.42. The van der Waals surface area contributed by atoms with Gasteiger partial charge in [-0.25, -0.2) is 4.85 Å². The van der Waals surface area contributed by atoms with Crippen molar-refractivity contribution in [2.24, 2.45) is 0 Å². The van der Waals surface area contributed by atoms with Crippen LogP contribution in [0.3, 0.4) is 0 Å². The number of furan rings is 2. The fourth-order valence-corrected chi connectivity index (χ4v) is 21.4. The Morgan fingerprint density at radius 1 is 0.409 bits per heavy atom. The van der Waals surface area contributed by atoms with Crippen LogP contribution in [0.5, 0.6) is 0 Å². The van der Waals surface area contributed by atoms with E-state index >= 15 is 0 Å². The standard InChI is InChI=1S/C104H73BN6O2S2/c1-102(2,3)59-50-85-97-86(51-59)111(99-74(66-32-24-38-90-94(66)68-28-14-20-36-88(68)113-90)56-76(104(7,8)9)101-96(99)70-30-16-22-40-92(70)115-101)84-54-62(109-80-34-18-12-26-64(80)72-52-60(107-10)42-48-82(72)109)44-46-78(84)105(97)77-45-43-61(108-79-33-17-11-25-63(79)71-49-58(57-106)41-47-81(71)108)53-83(77)110(85)98-73(65-31-23-37-89-93(65)67-27-13-19-35-87(67)112-89)55-75(103(4,5)6)100-95(98)69-29-15-21-39-91(69)114-100/h11-56H,1-9H3/i11D,12D,17D,18D,25D,26D,33D,34D,41D,42D,47D,48D,49D,52D. The lowest BCUT2D eigenvalue weighted by molar-refractivity contribution is 0.590. The molecule has 8 nitrogen and oxygen atoms in total. The van der Waals surface area contributed by atoms with E-state index < -0.39 is 119 Å². The van der Waals surface area contributed by atoms with Crippen LogP contribution in [0.2, 0.25) is 0 Å². The zero-order chi connectivity index (χ0) is 89.7. The monoisotopic (exact) mass is 1530 g/mol. The molecular weight excluding hydrogens is 1440 g/mol. The highest BCUT2D eigenvalue weighted by molar-refractivity contribution is 7.26. The van der Waals surface area contributed by atoms with Gasteiger partial charge >= 0.3 is 0 Å². The SMILES string of the molecule is [2H]c1c([2H])c([2H])c2c(c1[2H])c1c([2H])c(C#N)c([2H])c([2H])c1n2-c1ccc2c(c1)N(c1c(-c3cccc4oc5ccccc5c34)cc(C(C)(C)C)c3sc4ccccc4c13)c1cc(C(C)(C)C)cc3c1B2c1ccc(-n2c4c([2H])c([2H])c([2H])c([2H])c4c4c([2H])c([N+]#[C-])c([2H])c([2H])c42)cc1N3c1c(-c2cccc3oc4ccccc4c23)cc(C(C)(C)C)c2sc3ccccc3c12. The minimum absolute atomic E-state index is 0.0741. The van der Waals surface area contributed by atoms with Crippen LogP contribution in [0.15, 0.2) is 288 Å². The second-order valence-electron chi connectivity index (χ2n) is 33.3. The Balaban J connectivity index is 0.964. The van der Waals surface area contributed by atoms with Crippen molar-refractivity contribution in [3.05, 3.63) is 312 Å². The molecule has 0 spiro atoms. The van der Waals surface area contributed by atoms with Gasteiger partial charge in [-0.05, 0) is 193 Å². The molecule has 0 saturated carbocycles. The molecule has 0 bridgehead atoms. The van der Waals surface area contributed by atoms with E-state index in [0.29, 0.717) is 44.6 Å². The Morgan fingerprint density at radius 3 is 1.33 bits per heavy atom. The van der Waals surface area contributed by atoms with Crippen molar-refractivity contribution < 1.29 is 28.0 Å². The molecule has 0 amide bonds. The van der Waals surface area contributed by atoms with Crippen molar-refractivity contribution in [1.29, 1.82) is 5.26 Å². The van der Waals surface area contributed by atoms with Crippen LogP contribution in [0.25, 0.3) is 166 Å². The number of nitrogens with zero attached hydrogens (tertiary/aromatic N) is 6. The highest BCUT2D eigenvalue weighted by Crippen LogP contribution is 2.60. The summed E-state index contributed by atoms with van der Waals surface area (Å²) in [6.07, 6.45) is 0. The number of rotatable bonds is 6. The minimum atomic E-state index is -0.839. The molecule has 0 fully saturated rings. The first-order valence-electron chi connectivity index (χ1n) is 45.4. The van der Waals surface area contributed by atoms with Gasteiger partial charge in [-0.3, -0.25) is 0 Å². The number of fused-ring (bicyclic) bond motifs is 22. The lowest BCUT2D eigenvalue weighted by Crippen LogP contribution is -2.61. The second kappa shape index (κ2) is 24.1. The van der Waals surface area contributed by atoms with Gasteiger partial charge in [-0.2, -0.15) is 5.26 Å². The van der Waals surface area contributed by atoms with Gasteiger partial charge in [-0.1, -0.05) is 214 Å². The van der Waals surface area contributed by atoms with E-state index in [2.05, 4.69) is 174 Å². The molecule has 0 atom stereocenters. The summed E-state index contributed by atoms with van der Waals surface area (Å²) in [6, 6.07) is 61.4. The second-order valence-corrected chi connectivity index (χ2v) is 35.4. The predicted octanol–water partition coefficient (Wildman–Crippen LogP) is 28.1. The van der Waals surface area contributed by atoms with Crippen molar-refractivity contribution in [3.8, 4) is 39.7 Å². The zero-order valence-corrected chi connectivity index (χ0v) is 65.5. The molecule has 2 aliphatic heterocycles. The van der Waals surface area contributed by atoms with Crippen LogP contribution in [0, 0.1) is 17.9 Å². The van der Waals surface area contributed by atoms with Crippen LogP contribution < -0.4 is 26.2 Å². The summed E-state index contributed by atoms with van der Waals surface area (Å²) in [5.41, 5.74) is 13.2. The lowest BCUT2D eigenvalue weighted by atomic mass is 9.33. The van der Waals surface area contributed by atoms with E-state index in [1.54, 1.807) is 31.8 Å². The quantitative estimate of drug-likeness (QED) is 0.123. The van der Waals surface area contributed by atoms with Crippen LogP contribution in [-0.2, 0) is 16.2 Å². The first kappa shape index (κ1) is 54.3. The molecule has 115 heavy (non-hydrogen) atoms. The first-order valence-corrected chi connectivity index (χ1v) is 40.1. The molecule has 0 aliphatic carbocycles. The summed E-state index contributed by atoms with van der Waals surface area (Å²) in [5, 5.41) is 17.7. The van der Waals surface area contributed by atoms with Gasteiger partial charge in [0.2, 0.25) is 0 Å². The van der Waals surface area contributed by atoms with Gasteiger partial charge in [0.25, 0.3) is 6.71 Å². The molecule has 15 aromatic carbocycles. The molecule has 11 heteroatoms. The molecular formula is C104H73BN6O2S2. The van der Waals surface area contributed by atoms with E-state index in [0.717, 1.165) is 129 Å². The van der Waals surface area contributed by atoms with Crippen LogP contribution in [0.4, 0.5) is 39.8 Å². The molecule has 8 heterocycles. The Hall–Kier alpha value is -13.4. The Bertz CT molecular complexity index is 8410. The number of nitriles is 1. The molecule has 0 N–H and O–H groups in total. The topological polar surface area (TPSA) is 70.8 Å². The maximum atomic E-state index is 10.8. The van der Waals surface area contributed by atoms with E-state index in [-0.39, 0.29) is 55.0 Å². The van der Waals surface area contributed by atoms with Gasteiger partial charge in [0.1, 0.15) is 22.3 Å². The number of aromatic nitrogens is 2. The highest BCUT2D eigenvalue weighted by atomic mass is 32.1. The molecule has 0 radical (unpaired) electrons.